The monoisotopic (exact) mass is 346 g/mol. The lowest BCUT2D eigenvalue weighted by atomic mass is 9.89. The lowest BCUT2D eigenvalue weighted by Crippen LogP contribution is -2.45. The number of aliphatic hydroxyl groups excluding tert-OH is 1. The van der Waals surface area contributed by atoms with E-state index in [4.69, 9.17) is 9.15 Å². The van der Waals surface area contributed by atoms with Gasteiger partial charge in [-0.25, -0.2) is 9.37 Å². The zero-order valence-corrected chi connectivity index (χ0v) is 14.1. The lowest BCUT2D eigenvalue weighted by molar-refractivity contribution is -0.0643. The molecule has 3 heterocycles. The summed E-state index contributed by atoms with van der Waals surface area (Å²) >= 11 is 0. The van der Waals surface area contributed by atoms with Gasteiger partial charge in [-0.3, -0.25) is 4.90 Å². The Labute approximate surface area is 146 Å². The molecule has 0 spiro atoms. The van der Waals surface area contributed by atoms with Crippen LogP contribution in [0.3, 0.4) is 0 Å². The summed E-state index contributed by atoms with van der Waals surface area (Å²) in [4.78, 5) is 6.68. The maximum atomic E-state index is 13.4. The second kappa shape index (κ2) is 7.23. The predicted octanol–water partition coefficient (Wildman–Crippen LogP) is 2.84. The molecule has 1 N–H and O–H groups in total. The Morgan fingerprint density at radius 1 is 1.32 bits per heavy atom. The van der Waals surface area contributed by atoms with Crippen molar-refractivity contribution in [2.75, 3.05) is 19.8 Å². The van der Waals surface area contributed by atoms with Crippen LogP contribution in [0.2, 0.25) is 0 Å². The van der Waals surface area contributed by atoms with Gasteiger partial charge in [0, 0.05) is 24.1 Å². The first-order valence-electron chi connectivity index (χ1n) is 8.91. The molecule has 0 aliphatic carbocycles. The van der Waals surface area contributed by atoms with Gasteiger partial charge in [0.2, 0.25) is 5.89 Å². The Kier molecular flexibility index (Phi) is 4.83. The van der Waals surface area contributed by atoms with E-state index in [0.717, 1.165) is 19.4 Å². The van der Waals surface area contributed by atoms with Gasteiger partial charge in [-0.1, -0.05) is 12.1 Å². The number of likely N-dealkylation sites (tertiary alicyclic amines) is 1. The number of ether oxygens (including phenoxy) is 1. The Hall–Kier alpha value is -1.76. The summed E-state index contributed by atoms with van der Waals surface area (Å²) in [6.07, 6.45) is 4.21. The first kappa shape index (κ1) is 16.7. The number of aromatic nitrogens is 1. The molecular formula is C19H23FN2O3. The number of aliphatic hydroxyl groups is 1. The molecule has 1 aromatic heterocycles. The maximum Gasteiger partial charge on any atom is 0.209 e. The highest BCUT2D eigenvalue weighted by molar-refractivity contribution is 5.56. The molecule has 2 saturated heterocycles. The van der Waals surface area contributed by atoms with E-state index in [1.165, 1.54) is 12.1 Å². The lowest BCUT2D eigenvalue weighted by Gasteiger charge is -2.36. The minimum atomic E-state index is -0.299. The SMILES string of the molecule is OC1CCOCC1C1CCCN1Cc1ncc(-c2cccc(F)c2)o1. The van der Waals surface area contributed by atoms with E-state index in [0.29, 0.717) is 49.4 Å². The zero-order valence-electron chi connectivity index (χ0n) is 14.1. The molecule has 0 amide bonds. The molecule has 2 aromatic rings. The van der Waals surface area contributed by atoms with Crippen LogP contribution in [0, 0.1) is 11.7 Å². The Bertz CT molecular complexity index is 720. The molecule has 6 heteroatoms. The van der Waals surface area contributed by atoms with Gasteiger partial charge < -0.3 is 14.3 Å². The summed E-state index contributed by atoms with van der Waals surface area (Å²) in [5.74, 6) is 1.05. The molecule has 3 atom stereocenters. The molecule has 1 aromatic carbocycles. The van der Waals surface area contributed by atoms with E-state index in [9.17, 15) is 9.50 Å². The van der Waals surface area contributed by atoms with Crippen LogP contribution in [0.15, 0.2) is 34.9 Å². The Balaban J connectivity index is 1.46. The van der Waals surface area contributed by atoms with Crippen molar-refractivity contribution in [2.45, 2.75) is 38.0 Å². The third-order valence-corrected chi connectivity index (χ3v) is 5.27. The van der Waals surface area contributed by atoms with Crippen LogP contribution in [0.1, 0.15) is 25.2 Å². The van der Waals surface area contributed by atoms with Crippen LogP contribution in [-0.4, -0.2) is 46.9 Å². The Morgan fingerprint density at radius 3 is 3.08 bits per heavy atom. The van der Waals surface area contributed by atoms with Crippen molar-refractivity contribution in [3.05, 3.63) is 42.2 Å². The van der Waals surface area contributed by atoms with Crippen molar-refractivity contribution in [2.24, 2.45) is 5.92 Å². The highest BCUT2D eigenvalue weighted by atomic mass is 19.1. The van der Waals surface area contributed by atoms with Crippen LogP contribution >= 0.6 is 0 Å². The molecule has 2 aliphatic rings. The van der Waals surface area contributed by atoms with E-state index in [1.807, 2.05) is 6.07 Å². The van der Waals surface area contributed by atoms with Gasteiger partial charge in [0.05, 0.1) is 25.5 Å². The molecule has 4 rings (SSSR count). The summed E-state index contributed by atoms with van der Waals surface area (Å²) in [6.45, 7) is 2.82. The van der Waals surface area contributed by atoms with E-state index < -0.39 is 0 Å². The minimum Gasteiger partial charge on any atom is -0.439 e. The second-order valence-corrected chi connectivity index (χ2v) is 6.90. The van der Waals surface area contributed by atoms with Gasteiger partial charge in [0.25, 0.3) is 0 Å². The Morgan fingerprint density at radius 2 is 2.24 bits per heavy atom. The molecule has 0 radical (unpaired) electrons. The van der Waals surface area contributed by atoms with E-state index >= 15 is 0 Å². The topological polar surface area (TPSA) is 58.7 Å². The summed E-state index contributed by atoms with van der Waals surface area (Å²) in [6, 6.07) is 6.61. The van der Waals surface area contributed by atoms with Crippen LogP contribution in [0.25, 0.3) is 11.3 Å². The normalized spacial score (nSPS) is 27.7. The fourth-order valence-electron chi connectivity index (χ4n) is 3.98. The quantitative estimate of drug-likeness (QED) is 0.922. The molecule has 2 fully saturated rings. The molecule has 0 saturated carbocycles. The number of rotatable bonds is 4. The maximum absolute atomic E-state index is 13.4. The van der Waals surface area contributed by atoms with Gasteiger partial charge in [-0.2, -0.15) is 0 Å². The molecule has 0 bridgehead atoms. The summed E-state index contributed by atoms with van der Waals surface area (Å²) in [5.41, 5.74) is 0.688. The highest BCUT2D eigenvalue weighted by Crippen LogP contribution is 2.31. The molecule has 5 nitrogen and oxygen atoms in total. The van der Waals surface area contributed by atoms with Gasteiger partial charge >= 0.3 is 0 Å². The summed E-state index contributed by atoms with van der Waals surface area (Å²) < 4.78 is 24.8. The number of hydrogen-bond acceptors (Lipinski definition) is 5. The van der Waals surface area contributed by atoms with Gasteiger partial charge in [-0.15, -0.1) is 0 Å². The molecule has 2 aliphatic heterocycles. The smallest absolute Gasteiger partial charge is 0.209 e. The highest BCUT2D eigenvalue weighted by Gasteiger charge is 2.37. The van der Waals surface area contributed by atoms with Gasteiger partial charge in [0.15, 0.2) is 5.76 Å². The summed E-state index contributed by atoms with van der Waals surface area (Å²) in [5, 5.41) is 10.3. The first-order valence-corrected chi connectivity index (χ1v) is 8.91. The zero-order chi connectivity index (χ0) is 17.2. The van der Waals surface area contributed by atoms with E-state index in [-0.39, 0.29) is 17.8 Å². The predicted molar refractivity (Wildman–Crippen MR) is 90.3 cm³/mol. The van der Waals surface area contributed by atoms with Crippen molar-refractivity contribution < 1.29 is 18.7 Å². The fraction of sp³-hybridized carbons (Fsp3) is 0.526. The van der Waals surface area contributed by atoms with Gasteiger partial charge in [-0.05, 0) is 37.9 Å². The average molecular weight is 346 g/mol. The fourth-order valence-corrected chi connectivity index (χ4v) is 3.98. The summed E-state index contributed by atoms with van der Waals surface area (Å²) in [7, 11) is 0. The molecule has 3 unspecified atom stereocenters. The van der Waals surface area contributed by atoms with Crippen LogP contribution in [0.4, 0.5) is 4.39 Å². The third-order valence-electron chi connectivity index (χ3n) is 5.27. The van der Waals surface area contributed by atoms with E-state index in [1.54, 1.807) is 12.3 Å². The molecular weight excluding hydrogens is 323 g/mol. The van der Waals surface area contributed by atoms with Crippen LogP contribution in [0.5, 0.6) is 0 Å². The van der Waals surface area contributed by atoms with Crippen molar-refractivity contribution in [3.8, 4) is 11.3 Å². The average Bonchev–Trinajstić information content (AvgIpc) is 3.25. The third kappa shape index (κ3) is 3.61. The van der Waals surface area contributed by atoms with Crippen molar-refractivity contribution in [1.82, 2.24) is 9.88 Å². The number of halogens is 1. The standard InChI is InChI=1S/C19H23FN2O3/c20-14-4-1-3-13(9-14)18-10-21-19(25-18)11-22-7-2-5-16(22)15-12-24-8-6-17(15)23/h1,3-4,9-10,15-17,23H,2,5-8,11-12H2. The number of hydrogen-bond donors (Lipinski definition) is 1. The minimum absolute atomic E-state index is 0.147. The molecule has 25 heavy (non-hydrogen) atoms. The van der Waals surface area contributed by atoms with E-state index in [2.05, 4.69) is 9.88 Å². The molecule has 134 valence electrons. The van der Waals surface area contributed by atoms with Gasteiger partial charge in [0.1, 0.15) is 5.82 Å². The van der Waals surface area contributed by atoms with Crippen molar-refractivity contribution >= 4 is 0 Å². The number of benzene rings is 1. The van der Waals surface area contributed by atoms with Crippen LogP contribution < -0.4 is 0 Å². The van der Waals surface area contributed by atoms with Crippen LogP contribution in [-0.2, 0) is 11.3 Å². The van der Waals surface area contributed by atoms with Crippen molar-refractivity contribution in [1.29, 1.82) is 0 Å². The number of nitrogens with zero attached hydrogens (tertiary/aromatic N) is 2. The first-order chi connectivity index (χ1) is 12.2. The van der Waals surface area contributed by atoms with Crippen molar-refractivity contribution in [3.63, 3.8) is 0 Å². The largest absolute Gasteiger partial charge is 0.439 e. The number of oxazole rings is 1. The second-order valence-electron chi connectivity index (χ2n) is 6.90.